The van der Waals surface area contributed by atoms with E-state index in [0.717, 1.165) is 4.90 Å². The molecule has 2 rings (SSSR count). The lowest BCUT2D eigenvalue weighted by atomic mass is 10.1. The molecule has 6 nitrogen and oxygen atoms in total. The Bertz CT molecular complexity index is 359. The van der Waals surface area contributed by atoms with Crippen molar-refractivity contribution in [2.75, 3.05) is 21.1 Å². The molecule has 0 spiro atoms. The second-order valence-corrected chi connectivity index (χ2v) is 4.13. The van der Waals surface area contributed by atoms with Gasteiger partial charge >= 0.3 is 6.03 Å². The van der Waals surface area contributed by atoms with Gasteiger partial charge in [0.2, 0.25) is 0 Å². The number of urea groups is 1. The van der Waals surface area contributed by atoms with Crippen molar-refractivity contribution in [3.8, 4) is 0 Å². The Hall–Kier alpha value is -1.37. The Morgan fingerprint density at radius 1 is 1.20 bits per heavy atom. The normalized spacial score (nSPS) is 30.9. The van der Waals surface area contributed by atoms with Gasteiger partial charge in [-0.2, -0.15) is 0 Å². The topological polar surface area (TPSA) is 55.9 Å². The monoisotopic (exact) mass is 228 g/mol. The third kappa shape index (κ3) is 1.19. The summed E-state index contributed by atoms with van der Waals surface area (Å²) in [5, 5.41) is 3.45. The fourth-order valence-electron chi connectivity index (χ4n) is 1.90. The molecule has 0 aromatic heterocycles. The molecular formula is C8H12N4O2S. The molecule has 2 saturated heterocycles. The third-order valence-electron chi connectivity index (χ3n) is 2.90. The lowest BCUT2D eigenvalue weighted by molar-refractivity contribution is -0.135. The van der Waals surface area contributed by atoms with Gasteiger partial charge in [-0.3, -0.25) is 9.69 Å². The largest absolute Gasteiger partial charge is 0.340 e. The maximum Gasteiger partial charge on any atom is 0.327 e. The van der Waals surface area contributed by atoms with E-state index in [1.807, 2.05) is 0 Å². The molecule has 0 aromatic rings. The van der Waals surface area contributed by atoms with E-state index in [4.69, 9.17) is 12.2 Å². The summed E-state index contributed by atoms with van der Waals surface area (Å²) in [4.78, 5) is 27.8. The minimum absolute atomic E-state index is 0.224. The number of fused-ring (bicyclic) bond motifs is 1. The van der Waals surface area contributed by atoms with Gasteiger partial charge in [0, 0.05) is 21.1 Å². The molecule has 0 aromatic carbocycles. The molecule has 0 unspecified atom stereocenters. The highest BCUT2D eigenvalue weighted by atomic mass is 32.1. The smallest absolute Gasteiger partial charge is 0.327 e. The minimum Gasteiger partial charge on any atom is -0.340 e. The standard InChI is InChI=1S/C8H12N4O2S/c1-10-4-5(9-7(10)15)11(2)8(14)12(3)6(4)13/h4-5H,1-3H3,(H,9,15)/t4-,5-/m1/s1. The van der Waals surface area contributed by atoms with E-state index in [-0.39, 0.29) is 18.1 Å². The molecule has 2 fully saturated rings. The lowest BCUT2D eigenvalue weighted by Gasteiger charge is -2.38. The second kappa shape index (κ2) is 3.06. The summed E-state index contributed by atoms with van der Waals surface area (Å²) in [6.07, 6.45) is -0.348. The number of hydrogen-bond donors (Lipinski definition) is 1. The average molecular weight is 228 g/mol. The zero-order valence-electron chi connectivity index (χ0n) is 8.72. The molecule has 2 aliphatic rings. The molecule has 7 heteroatoms. The molecular weight excluding hydrogens is 216 g/mol. The first-order chi connectivity index (χ1) is 6.95. The highest BCUT2D eigenvalue weighted by molar-refractivity contribution is 7.80. The van der Waals surface area contributed by atoms with Crippen LogP contribution in [-0.2, 0) is 4.79 Å². The van der Waals surface area contributed by atoms with Crippen LogP contribution in [0.2, 0.25) is 0 Å². The van der Waals surface area contributed by atoms with Crippen LogP contribution in [-0.4, -0.2) is 65.1 Å². The van der Waals surface area contributed by atoms with Crippen LogP contribution in [0.4, 0.5) is 4.79 Å². The highest BCUT2D eigenvalue weighted by Gasteiger charge is 2.50. The zero-order chi connectivity index (χ0) is 11.3. The van der Waals surface area contributed by atoms with Crippen LogP contribution in [0, 0.1) is 0 Å². The molecule has 0 radical (unpaired) electrons. The lowest BCUT2D eigenvalue weighted by Crippen LogP contribution is -2.64. The number of carbonyl (C=O) groups excluding carboxylic acids is 2. The Balaban J connectivity index is 2.38. The molecule has 2 aliphatic heterocycles. The van der Waals surface area contributed by atoms with E-state index in [9.17, 15) is 9.59 Å². The Morgan fingerprint density at radius 3 is 2.40 bits per heavy atom. The van der Waals surface area contributed by atoms with Gasteiger partial charge in [-0.1, -0.05) is 0 Å². The molecule has 0 bridgehead atoms. The number of imide groups is 1. The fraction of sp³-hybridized carbons (Fsp3) is 0.625. The van der Waals surface area contributed by atoms with Gasteiger partial charge in [-0.25, -0.2) is 4.79 Å². The van der Waals surface area contributed by atoms with E-state index in [1.54, 1.807) is 19.0 Å². The molecule has 3 amide bonds. The van der Waals surface area contributed by atoms with Gasteiger partial charge in [0.1, 0.15) is 12.2 Å². The predicted molar refractivity (Wildman–Crippen MR) is 57.0 cm³/mol. The molecule has 1 N–H and O–H groups in total. The predicted octanol–water partition coefficient (Wildman–Crippen LogP) is -0.975. The maximum absolute atomic E-state index is 11.9. The Morgan fingerprint density at radius 2 is 1.80 bits per heavy atom. The van der Waals surface area contributed by atoms with E-state index in [1.165, 1.54) is 11.9 Å². The van der Waals surface area contributed by atoms with E-state index >= 15 is 0 Å². The van der Waals surface area contributed by atoms with Crippen LogP contribution in [0.3, 0.4) is 0 Å². The summed E-state index contributed by atoms with van der Waals surface area (Å²) in [5.41, 5.74) is 0. The second-order valence-electron chi connectivity index (χ2n) is 3.74. The van der Waals surface area contributed by atoms with E-state index in [0.29, 0.717) is 5.11 Å². The molecule has 0 aliphatic carbocycles. The Labute approximate surface area is 92.8 Å². The van der Waals surface area contributed by atoms with Crippen LogP contribution < -0.4 is 5.32 Å². The van der Waals surface area contributed by atoms with Crippen molar-refractivity contribution in [3.05, 3.63) is 0 Å². The fourth-order valence-corrected chi connectivity index (χ4v) is 2.14. The molecule has 2 atom stereocenters. The van der Waals surface area contributed by atoms with Gasteiger partial charge < -0.3 is 15.1 Å². The number of hydrogen-bond acceptors (Lipinski definition) is 3. The van der Waals surface area contributed by atoms with Crippen LogP contribution in [0.5, 0.6) is 0 Å². The maximum atomic E-state index is 11.9. The van der Waals surface area contributed by atoms with Crippen molar-refractivity contribution in [3.63, 3.8) is 0 Å². The molecule has 82 valence electrons. The van der Waals surface area contributed by atoms with Crippen molar-refractivity contribution in [2.24, 2.45) is 0 Å². The SMILES string of the molecule is CN1C(=O)[C@H]2[C@H](NC(=S)N2C)N(C)C1=O. The third-order valence-corrected chi connectivity index (χ3v) is 3.30. The van der Waals surface area contributed by atoms with Gasteiger partial charge in [-0.05, 0) is 12.2 Å². The van der Waals surface area contributed by atoms with Gasteiger partial charge in [0.15, 0.2) is 5.11 Å². The van der Waals surface area contributed by atoms with Crippen LogP contribution in [0.25, 0.3) is 0 Å². The molecule has 15 heavy (non-hydrogen) atoms. The number of nitrogens with one attached hydrogen (secondary N) is 1. The summed E-state index contributed by atoms with van der Waals surface area (Å²) in [6, 6.07) is -0.725. The first kappa shape index (κ1) is 10.2. The van der Waals surface area contributed by atoms with Gasteiger partial charge in [0.25, 0.3) is 5.91 Å². The first-order valence-electron chi connectivity index (χ1n) is 4.53. The van der Waals surface area contributed by atoms with Crippen molar-refractivity contribution in [1.82, 2.24) is 20.0 Å². The summed E-state index contributed by atoms with van der Waals surface area (Å²) in [6.45, 7) is 0. The van der Waals surface area contributed by atoms with E-state index < -0.39 is 6.04 Å². The zero-order valence-corrected chi connectivity index (χ0v) is 9.54. The summed E-state index contributed by atoms with van der Waals surface area (Å²) in [7, 11) is 4.87. The summed E-state index contributed by atoms with van der Waals surface area (Å²) in [5.74, 6) is -0.224. The van der Waals surface area contributed by atoms with Gasteiger partial charge in [-0.15, -0.1) is 0 Å². The van der Waals surface area contributed by atoms with Gasteiger partial charge in [0.05, 0.1) is 0 Å². The van der Waals surface area contributed by atoms with Crippen LogP contribution in [0.1, 0.15) is 0 Å². The number of thiocarbonyl (C=S) groups is 1. The minimum atomic E-state index is -0.412. The van der Waals surface area contributed by atoms with Crippen molar-refractivity contribution < 1.29 is 9.59 Å². The summed E-state index contributed by atoms with van der Waals surface area (Å²) < 4.78 is 0. The number of amides is 3. The van der Waals surface area contributed by atoms with Crippen molar-refractivity contribution in [1.29, 1.82) is 0 Å². The van der Waals surface area contributed by atoms with Crippen molar-refractivity contribution >= 4 is 29.3 Å². The number of likely N-dealkylation sites (N-methyl/N-ethyl adjacent to an activating group) is 3. The summed E-state index contributed by atoms with van der Waals surface area (Å²) >= 11 is 5.05. The van der Waals surface area contributed by atoms with Crippen LogP contribution in [0.15, 0.2) is 0 Å². The average Bonchev–Trinajstić information content (AvgIpc) is 2.50. The highest BCUT2D eigenvalue weighted by Crippen LogP contribution is 2.22. The number of carbonyl (C=O) groups is 2. The molecule has 0 saturated carbocycles. The number of rotatable bonds is 0. The first-order valence-corrected chi connectivity index (χ1v) is 4.93. The Kier molecular flexibility index (Phi) is 2.07. The molecule has 2 heterocycles. The van der Waals surface area contributed by atoms with Crippen LogP contribution >= 0.6 is 12.2 Å². The van der Waals surface area contributed by atoms with Crippen molar-refractivity contribution in [2.45, 2.75) is 12.2 Å². The number of nitrogens with zero attached hydrogens (tertiary/aromatic N) is 3. The van der Waals surface area contributed by atoms with E-state index in [2.05, 4.69) is 5.32 Å². The quantitative estimate of drug-likeness (QED) is 0.540.